The van der Waals surface area contributed by atoms with Crippen molar-refractivity contribution in [2.45, 2.75) is 6.54 Å². The molecule has 9 heteroatoms. The lowest BCUT2D eigenvalue weighted by Crippen LogP contribution is -2.46. The van der Waals surface area contributed by atoms with Crippen LogP contribution in [-0.4, -0.2) is 62.8 Å². The number of nitrogens with one attached hydrogen (secondary N) is 1. The van der Waals surface area contributed by atoms with E-state index in [1.807, 2.05) is 30.3 Å². The number of aromatic nitrogens is 1. The van der Waals surface area contributed by atoms with E-state index in [-0.39, 0.29) is 33.0 Å². The van der Waals surface area contributed by atoms with Gasteiger partial charge in [0, 0.05) is 31.4 Å². The van der Waals surface area contributed by atoms with E-state index in [9.17, 15) is 9.59 Å². The first-order chi connectivity index (χ1) is 13.2. The van der Waals surface area contributed by atoms with E-state index in [2.05, 4.69) is 10.4 Å². The third kappa shape index (κ3) is 6.39. The molecule has 0 aliphatic rings. The highest BCUT2D eigenvalue weighted by Gasteiger charge is 2.20. The number of methoxy groups -OCH3 is 2. The first kappa shape index (κ1) is 20.4. The van der Waals surface area contributed by atoms with E-state index < -0.39 is 12.2 Å². The Morgan fingerprint density at radius 2 is 1.70 bits per heavy atom. The zero-order valence-electron chi connectivity index (χ0n) is 15.3. The highest BCUT2D eigenvalue weighted by molar-refractivity contribution is 5.82. The summed E-state index contributed by atoms with van der Waals surface area (Å²) in [5.41, 5.74) is 3.86. The number of para-hydroxylation sites is 1. The molecule has 0 aliphatic carbocycles. The first-order valence-electron chi connectivity index (χ1n) is 8.34. The summed E-state index contributed by atoms with van der Waals surface area (Å²) in [6, 6.07) is 9.33. The molecule has 0 fully saturated rings. The van der Waals surface area contributed by atoms with Gasteiger partial charge in [-0.15, -0.1) is 0 Å². The Labute approximate surface area is 157 Å². The monoisotopic (exact) mass is 377 g/mol. The highest BCUT2D eigenvalue weighted by atomic mass is 16.6. The quantitative estimate of drug-likeness (QED) is 0.555. The Hall–Kier alpha value is -2.91. The van der Waals surface area contributed by atoms with Gasteiger partial charge in [0.25, 0.3) is 0 Å². The Kier molecular flexibility index (Phi) is 8.27. The van der Waals surface area contributed by atoms with Crippen LogP contribution in [0.15, 0.2) is 36.5 Å². The van der Waals surface area contributed by atoms with Gasteiger partial charge in [-0.25, -0.2) is 20.0 Å². The van der Waals surface area contributed by atoms with E-state index in [0.29, 0.717) is 0 Å². The zero-order valence-corrected chi connectivity index (χ0v) is 15.3. The maximum Gasteiger partial charge on any atom is 0.429 e. The number of hydrogen-bond acceptors (Lipinski definition) is 7. The molecule has 1 heterocycles. The van der Waals surface area contributed by atoms with Crippen LogP contribution in [0.5, 0.6) is 0 Å². The molecule has 0 atom stereocenters. The van der Waals surface area contributed by atoms with Gasteiger partial charge in [0.15, 0.2) is 0 Å². The van der Waals surface area contributed by atoms with Gasteiger partial charge in [-0.2, -0.15) is 0 Å². The van der Waals surface area contributed by atoms with Gasteiger partial charge in [-0.1, -0.05) is 24.3 Å². The summed E-state index contributed by atoms with van der Waals surface area (Å²) in [6.07, 6.45) is 0.145. The van der Waals surface area contributed by atoms with Crippen LogP contribution in [0.2, 0.25) is 0 Å². The second kappa shape index (κ2) is 10.9. The lowest BCUT2D eigenvalue weighted by atomic mass is 10.1. The normalized spacial score (nSPS) is 10.4. The maximum absolute atomic E-state index is 12.4. The largest absolute Gasteiger partial charge is 0.446 e. The number of hydrogen-bond donors (Lipinski definition) is 1. The van der Waals surface area contributed by atoms with Crippen LogP contribution in [0.25, 0.3) is 10.9 Å². The summed E-state index contributed by atoms with van der Waals surface area (Å²) < 4.78 is 19.7. The third-order valence-corrected chi connectivity index (χ3v) is 3.52. The van der Waals surface area contributed by atoms with E-state index in [1.54, 1.807) is 6.20 Å². The van der Waals surface area contributed by atoms with Crippen LogP contribution in [0, 0.1) is 0 Å². The molecule has 1 N–H and O–H groups in total. The summed E-state index contributed by atoms with van der Waals surface area (Å²) in [5.74, 6) is 0. The fourth-order valence-corrected chi connectivity index (χ4v) is 2.27. The summed E-state index contributed by atoms with van der Waals surface area (Å²) >= 11 is 0. The maximum atomic E-state index is 12.4. The standard InChI is InChI=1S/C18H23N3O6/c1-24-9-11-26-17(22)20-21(18(23)27-12-10-25-2)13-15-6-3-5-14-7-4-8-19-16(14)15/h3-8H,9-13H2,1-2H3,(H,20,22). The molecule has 0 bridgehead atoms. The number of carbonyl (C=O) groups excluding carboxylic acids is 2. The van der Waals surface area contributed by atoms with Crippen molar-refractivity contribution in [2.75, 3.05) is 40.6 Å². The Morgan fingerprint density at radius 3 is 2.44 bits per heavy atom. The molecule has 27 heavy (non-hydrogen) atoms. The number of pyridine rings is 1. The van der Waals surface area contributed by atoms with Crippen molar-refractivity contribution in [3.05, 3.63) is 42.1 Å². The van der Waals surface area contributed by atoms with Crippen LogP contribution in [0.4, 0.5) is 9.59 Å². The summed E-state index contributed by atoms with van der Waals surface area (Å²) in [6.45, 7) is 0.664. The minimum Gasteiger partial charge on any atom is -0.446 e. The van der Waals surface area contributed by atoms with Crippen molar-refractivity contribution < 1.29 is 28.5 Å². The molecule has 0 spiro atoms. The first-order valence-corrected chi connectivity index (χ1v) is 8.34. The fraction of sp³-hybridized carbons (Fsp3) is 0.389. The molecule has 0 saturated heterocycles. The number of hydrazine groups is 1. The van der Waals surface area contributed by atoms with Crippen molar-refractivity contribution in [3.8, 4) is 0 Å². The molecule has 0 aliphatic heterocycles. The fourth-order valence-electron chi connectivity index (χ4n) is 2.27. The zero-order chi connectivity index (χ0) is 19.5. The topological polar surface area (TPSA) is 99.2 Å². The van der Waals surface area contributed by atoms with E-state index in [0.717, 1.165) is 21.5 Å². The Morgan fingerprint density at radius 1 is 1.00 bits per heavy atom. The van der Waals surface area contributed by atoms with Crippen molar-refractivity contribution >= 4 is 23.1 Å². The molecular weight excluding hydrogens is 354 g/mol. The lowest BCUT2D eigenvalue weighted by Gasteiger charge is -2.22. The molecule has 146 valence electrons. The smallest absolute Gasteiger partial charge is 0.429 e. The average Bonchev–Trinajstić information content (AvgIpc) is 2.68. The highest BCUT2D eigenvalue weighted by Crippen LogP contribution is 2.17. The number of nitrogens with zero attached hydrogens (tertiary/aromatic N) is 2. The number of carbonyl (C=O) groups is 2. The van der Waals surface area contributed by atoms with Crippen molar-refractivity contribution in [1.29, 1.82) is 0 Å². The molecule has 0 radical (unpaired) electrons. The number of ether oxygens (including phenoxy) is 4. The van der Waals surface area contributed by atoms with Crippen molar-refractivity contribution in [1.82, 2.24) is 15.4 Å². The predicted octanol–water partition coefficient (Wildman–Crippen LogP) is 2.11. The van der Waals surface area contributed by atoms with Gasteiger partial charge in [0.1, 0.15) is 13.2 Å². The number of fused-ring (bicyclic) bond motifs is 1. The predicted molar refractivity (Wildman–Crippen MR) is 96.9 cm³/mol. The van der Waals surface area contributed by atoms with Gasteiger partial charge in [0.2, 0.25) is 0 Å². The van der Waals surface area contributed by atoms with Gasteiger partial charge in [-0.05, 0) is 6.07 Å². The molecule has 1 aromatic carbocycles. The molecule has 2 amide bonds. The third-order valence-electron chi connectivity index (χ3n) is 3.52. The lowest BCUT2D eigenvalue weighted by molar-refractivity contribution is 0.0456. The van der Waals surface area contributed by atoms with E-state index in [1.165, 1.54) is 14.2 Å². The summed E-state index contributed by atoms with van der Waals surface area (Å²) in [4.78, 5) is 28.6. The van der Waals surface area contributed by atoms with Crippen LogP contribution in [-0.2, 0) is 25.5 Å². The van der Waals surface area contributed by atoms with Gasteiger partial charge >= 0.3 is 12.2 Å². The molecule has 9 nitrogen and oxygen atoms in total. The molecular formula is C18H23N3O6. The SMILES string of the molecule is COCCOC(=O)NN(Cc1cccc2cccnc12)C(=O)OCCOC. The molecule has 0 saturated carbocycles. The van der Waals surface area contributed by atoms with E-state index >= 15 is 0 Å². The van der Waals surface area contributed by atoms with Gasteiger partial charge in [0.05, 0.1) is 25.3 Å². The second-order valence-corrected chi connectivity index (χ2v) is 5.43. The number of benzene rings is 1. The van der Waals surface area contributed by atoms with Crippen molar-refractivity contribution in [3.63, 3.8) is 0 Å². The van der Waals surface area contributed by atoms with Crippen LogP contribution >= 0.6 is 0 Å². The Bertz CT molecular complexity index is 749. The number of amides is 2. The van der Waals surface area contributed by atoms with Crippen LogP contribution < -0.4 is 5.43 Å². The van der Waals surface area contributed by atoms with Crippen LogP contribution in [0.3, 0.4) is 0 Å². The van der Waals surface area contributed by atoms with Gasteiger partial charge < -0.3 is 18.9 Å². The molecule has 2 aromatic rings. The Balaban J connectivity index is 2.12. The second-order valence-electron chi connectivity index (χ2n) is 5.43. The van der Waals surface area contributed by atoms with Crippen LogP contribution in [0.1, 0.15) is 5.56 Å². The molecule has 1 aromatic heterocycles. The van der Waals surface area contributed by atoms with Gasteiger partial charge in [-0.3, -0.25) is 4.98 Å². The molecule has 0 unspecified atom stereocenters. The minimum atomic E-state index is -0.788. The molecule has 2 rings (SSSR count). The minimum absolute atomic E-state index is 0.0551. The van der Waals surface area contributed by atoms with E-state index in [4.69, 9.17) is 18.9 Å². The van der Waals surface area contributed by atoms with Crippen molar-refractivity contribution in [2.24, 2.45) is 0 Å². The number of rotatable bonds is 8. The summed E-state index contributed by atoms with van der Waals surface area (Å²) in [5, 5.41) is 1.96. The summed E-state index contributed by atoms with van der Waals surface area (Å²) in [7, 11) is 2.99. The average molecular weight is 377 g/mol.